The van der Waals surface area contributed by atoms with Crippen LogP contribution in [0.25, 0.3) is 22.0 Å². The lowest BCUT2D eigenvalue weighted by atomic mass is 10.0. The number of nitrogens with one attached hydrogen (secondary N) is 2. The number of sulfonamides is 1. The highest BCUT2D eigenvalue weighted by atomic mass is 35.5. The van der Waals surface area contributed by atoms with Crippen molar-refractivity contribution in [2.24, 2.45) is 5.92 Å². The Morgan fingerprint density at radius 1 is 1.15 bits per heavy atom. The first-order valence-electron chi connectivity index (χ1n) is 11.9. The number of hydrogen-bond donors (Lipinski definition) is 2. The van der Waals surface area contributed by atoms with Crippen molar-refractivity contribution in [3.63, 3.8) is 0 Å². The van der Waals surface area contributed by atoms with Crippen molar-refractivity contribution in [2.45, 2.75) is 25.3 Å². The maximum Gasteiger partial charge on any atom is 0.263 e. The standard InChI is InChI=1S/C26H25ClFN5O5S/c1-4-38-25-22(32-39(36,37)23-8-6-18(28)11-20(23)27)10-17(12-30-25)16-5-7-21-19(9-16)26(35)33(14-31-21)13-15(2)24(34)29-3/h5-12,14-15,32H,4,13H2,1-3H3,(H,29,34)/t15-/m0/s1. The van der Waals surface area contributed by atoms with Gasteiger partial charge >= 0.3 is 0 Å². The number of carbonyl (C=O) groups is 1. The predicted octanol–water partition coefficient (Wildman–Crippen LogP) is 3.83. The van der Waals surface area contributed by atoms with Crippen LogP contribution in [0.5, 0.6) is 5.88 Å². The largest absolute Gasteiger partial charge is 0.476 e. The van der Waals surface area contributed by atoms with Crippen molar-refractivity contribution >= 4 is 44.1 Å². The molecule has 4 rings (SSSR count). The van der Waals surface area contributed by atoms with Crippen LogP contribution in [0.3, 0.4) is 0 Å². The van der Waals surface area contributed by atoms with Crippen LogP contribution in [0.1, 0.15) is 13.8 Å². The maximum absolute atomic E-state index is 13.5. The first kappa shape index (κ1) is 28.0. The van der Waals surface area contributed by atoms with E-state index in [0.717, 1.165) is 18.2 Å². The van der Waals surface area contributed by atoms with Crippen LogP contribution < -0.4 is 20.3 Å². The molecule has 10 nitrogen and oxygen atoms in total. The molecule has 1 atom stereocenters. The Hall–Kier alpha value is -4.03. The van der Waals surface area contributed by atoms with Crippen molar-refractivity contribution < 1.29 is 22.3 Å². The third kappa shape index (κ3) is 6.02. The van der Waals surface area contributed by atoms with Gasteiger partial charge in [0.2, 0.25) is 11.8 Å². The van der Waals surface area contributed by atoms with E-state index in [1.807, 2.05) is 0 Å². The molecular weight excluding hydrogens is 549 g/mol. The number of ether oxygens (including phenoxy) is 1. The molecule has 0 bridgehead atoms. The fourth-order valence-corrected chi connectivity index (χ4v) is 5.50. The molecule has 0 aliphatic heterocycles. The van der Waals surface area contributed by atoms with Gasteiger partial charge < -0.3 is 10.1 Å². The lowest BCUT2D eigenvalue weighted by Gasteiger charge is -2.15. The Kier molecular flexibility index (Phi) is 8.17. The molecule has 0 unspecified atom stereocenters. The highest BCUT2D eigenvalue weighted by molar-refractivity contribution is 7.92. The lowest BCUT2D eigenvalue weighted by Crippen LogP contribution is -2.32. The summed E-state index contributed by atoms with van der Waals surface area (Å²) in [5.74, 6) is -1.30. The van der Waals surface area contributed by atoms with E-state index in [1.54, 1.807) is 32.0 Å². The molecule has 1 amide bonds. The molecule has 0 saturated carbocycles. The fourth-order valence-electron chi connectivity index (χ4n) is 3.92. The molecular formula is C26H25ClFN5O5S. The molecule has 4 aromatic rings. The zero-order valence-electron chi connectivity index (χ0n) is 21.2. The van der Waals surface area contributed by atoms with Gasteiger partial charge in [0, 0.05) is 25.4 Å². The zero-order valence-corrected chi connectivity index (χ0v) is 22.8. The number of halogens is 2. The minimum atomic E-state index is -4.23. The van der Waals surface area contributed by atoms with Crippen molar-refractivity contribution in [3.8, 4) is 17.0 Å². The minimum Gasteiger partial charge on any atom is -0.476 e. The number of amides is 1. The summed E-state index contributed by atoms with van der Waals surface area (Å²) in [6, 6.07) is 9.47. The molecule has 2 N–H and O–H groups in total. The van der Waals surface area contributed by atoms with E-state index < -0.39 is 21.8 Å². The summed E-state index contributed by atoms with van der Waals surface area (Å²) < 4.78 is 48.9. The Labute approximate surface area is 228 Å². The van der Waals surface area contributed by atoms with Gasteiger partial charge in [-0.05, 0) is 48.9 Å². The number of carbonyl (C=O) groups excluding carboxylic acids is 1. The molecule has 2 aromatic carbocycles. The Morgan fingerprint density at radius 3 is 2.62 bits per heavy atom. The Bertz CT molecular complexity index is 1730. The Morgan fingerprint density at radius 2 is 1.92 bits per heavy atom. The van der Waals surface area contributed by atoms with Crippen molar-refractivity contribution in [1.82, 2.24) is 19.9 Å². The van der Waals surface area contributed by atoms with Gasteiger partial charge in [0.1, 0.15) is 16.4 Å². The first-order valence-corrected chi connectivity index (χ1v) is 13.7. The molecule has 2 heterocycles. The summed E-state index contributed by atoms with van der Waals surface area (Å²) in [6.07, 6.45) is 2.88. The lowest BCUT2D eigenvalue weighted by molar-refractivity contribution is -0.124. The van der Waals surface area contributed by atoms with Gasteiger partial charge in [-0.3, -0.25) is 18.9 Å². The summed E-state index contributed by atoms with van der Waals surface area (Å²) in [6.45, 7) is 3.79. The summed E-state index contributed by atoms with van der Waals surface area (Å²) in [7, 11) is -2.71. The number of hydrogen-bond acceptors (Lipinski definition) is 7. The number of benzene rings is 2. The van der Waals surface area contributed by atoms with E-state index in [-0.39, 0.29) is 46.1 Å². The fraction of sp³-hybridized carbons (Fsp3) is 0.231. The molecule has 0 radical (unpaired) electrons. The second kappa shape index (κ2) is 11.4. The monoisotopic (exact) mass is 573 g/mol. The van der Waals surface area contributed by atoms with E-state index in [9.17, 15) is 22.4 Å². The smallest absolute Gasteiger partial charge is 0.263 e. The van der Waals surface area contributed by atoms with Crippen molar-refractivity contribution in [3.05, 3.63) is 76.2 Å². The normalized spacial score (nSPS) is 12.2. The van der Waals surface area contributed by atoms with Gasteiger partial charge in [0.25, 0.3) is 15.6 Å². The predicted molar refractivity (Wildman–Crippen MR) is 146 cm³/mol. The van der Waals surface area contributed by atoms with E-state index >= 15 is 0 Å². The van der Waals surface area contributed by atoms with E-state index in [2.05, 4.69) is 20.0 Å². The van der Waals surface area contributed by atoms with Crippen molar-refractivity contribution in [1.29, 1.82) is 0 Å². The average molecular weight is 574 g/mol. The molecule has 39 heavy (non-hydrogen) atoms. The third-order valence-electron chi connectivity index (χ3n) is 5.88. The van der Waals surface area contributed by atoms with Crippen LogP contribution in [0.15, 0.2) is 64.7 Å². The van der Waals surface area contributed by atoms with Gasteiger partial charge in [0.15, 0.2) is 0 Å². The number of rotatable bonds is 9. The van der Waals surface area contributed by atoms with Gasteiger partial charge in [0.05, 0.1) is 34.8 Å². The maximum atomic E-state index is 13.5. The molecule has 0 spiro atoms. The number of aromatic nitrogens is 3. The summed E-state index contributed by atoms with van der Waals surface area (Å²) in [5.41, 5.74) is 1.20. The topological polar surface area (TPSA) is 132 Å². The van der Waals surface area contributed by atoms with Gasteiger partial charge in [-0.15, -0.1) is 0 Å². The highest BCUT2D eigenvalue weighted by Gasteiger charge is 2.22. The molecule has 2 aromatic heterocycles. The van der Waals surface area contributed by atoms with Crippen molar-refractivity contribution in [2.75, 3.05) is 18.4 Å². The van der Waals surface area contributed by atoms with E-state index in [4.69, 9.17) is 16.3 Å². The van der Waals surface area contributed by atoms with E-state index in [1.165, 1.54) is 30.2 Å². The van der Waals surface area contributed by atoms with Crippen LogP contribution >= 0.6 is 11.6 Å². The molecule has 0 aliphatic rings. The van der Waals surface area contributed by atoms with Crippen LogP contribution in [-0.4, -0.2) is 42.5 Å². The molecule has 0 aliphatic carbocycles. The highest BCUT2D eigenvalue weighted by Crippen LogP contribution is 2.32. The second-order valence-electron chi connectivity index (χ2n) is 8.64. The van der Waals surface area contributed by atoms with E-state index in [0.29, 0.717) is 22.0 Å². The summed E-state index contributed by atoms with van der Waals surface area (Å²) >= 11 is 5.98. The summed E-state index contributed by atoms with van der Waals surface area (Å²) in [4.78, 5) is 33.4. The number of pyridine rings is 1. The van der Waals surface area contributed by atoms with Gasteiger partial charge in [-0.1, -0.05) is 24.6 Å². The quantitative estimate of drug-likeness (QED) is 0.311. The summed E-state index contributed by atoms with van der Waals surface area (Å²) in [5, 5.41) is 2.59. The average Bonchev–Trinajstić information content (AvgIpc) is 2.90. The van der Waals surface area contributed by atoms with Crippen LogP contribution in [0.2, 0.25) is 5.02 Å². The molecule has 204 valence electrons. The van der Waals surface area contributed by atoms with Crippen LogP contribution in [-0.2, 0) is 21.4 Å². The zero-order chi connectivity index (χ0) is 28.3. The number of fused-ring (bicyclic) bond motifs is 1. The Balaban J connectivity index is 1.75. The van der Waals surface area contributed by atoms with Crippen LogP contribution in [0, 0.1) is 11.7 Å². The van der Waals surface area contributed by atoms with Gasteiger partial charge in [-0.25, -0.2) is 22.8 Å². The minimum absolute atomic E-state index is 0.0241. The molecule has 13 heteroatoms. The second-order valence-corrected chi connectivity index (χ2v) is 10.7. The SMILES string of the molecule is CCOc1ncc(-c2ccc3ncn(C[C@H](C)C(=O)NC)c(=O)c3c2)cc1NS(=O)(=O)c1ccc(F)cc1Cl. The number of nitrogens with zero attached hydrogens (tertiary/aromatic N) is 3. The number of anilines is 1. The molecule has 0 fully saturated rings. The van der Waals surface area contributed by atoms with Gasteiger partial charge in [-0.2, -0.15) is 0 Å². The molecule has 0 saturated heterocycles. The first-order chi connectivity index (χ1) is 18.5. The third-order valence-corrected chi connectivity index (χ3v) is 7.73. The van der Waals surface area contributed by atoms with Crippen LogP contribution in [0.4, 0.5) is 10.1 Å².